The second-order valence-electron chi connectivity index (χ2n) is 11.5. The van der Waals surface area contributed by atoms with Crippen molar-refractivity contribution in [3.05, 3.63) is 44.8 Å². The summed E-state index contributed by atoms with van der Waals surface area (Å²) < 4.78 is 0. The van der Waals surface area contributed by atoms with Crippen molar-refractivity contribution in [2.75, 3.05) is 57.5 Å². The lowest BCUT2D eigenvalue weighted by Crippen LogP contribution is -2.44. The van der Waals surface area contributed by atoms with Crippen LogP contribution in [-0.2, 0) is 10.2 Å². The predicted octanol–water partition coefficient (Wildman–Crippen LogP) is 5.87. The number of rotatable bonds is 6. The highest BCUT2D eigenvalue weighted by atomic mass is 35.5. The Morgan fingerprint density at radius 3 is 2.45 bits per heavy atom. The van der Waals surface area contributed by atoms with Crippen molar-refractivity contribution in [3.8, 4) is 0 Å². The van der Waals surface area contributed by atoms with Crippen LogP contribution in [0.15, 0.2) is 24.3 Å². The van der Waals surface area contributed by atoms with Crippen LogP contribution in [0.5, 0.6) is 0 Å². The fourth-order valence-electron chi connectivity index (χ4n) is 4.14. The Labute approximate surface area is 239 Å². The first-order chi connectivity index (χ1) is 17.6. The van der Waals surface area contributed by atoms with Gasteiger partial charge in [0.2, 0.25) is 5.91 Å². The molecular formula is C27H37Cl2N5O3S. The monoisotopic (exact) mass is 581 g/mol. The van der Waals surface area contributed by atoms with Gasteiger partial charge < -0.3 is 20.0 Å². The summed E-state index contributed by atoms with van der Waals surface area (Å²) >= 11 is 13.7. The molecule has 0 radical (unpaired) electrons. The number of nitrogens with one attached hydrogen (secondary N) is 2. The third-order valence-electron chi connectivity index (χ3n) is 6.33. The predicted molar refractivity (Wildman–Crippen MR) is 157 cm³/mol. The molecule has 3 rings (SSSR count). The average molecular weight is 583 g/mol. The van der Waals surface area contributed by atoms with E-state index in [-0.39, 0.29) is 28.8 Å². The molecule has 4 amide bonds. The summed E-state index contributed by atoms with van der Waals surface area (Å²) in [6.45, 7) is 12.4. The molecule has 0 aliphatic carbocycles. The van der Waals surface area contributed by atoms with Crippen LogP contribution in [0.2, 0.25) is 10.0 Å². The normalized spacial score (nSPS) is 16.0. The number of urea groups is 1. The minimum Gasteiger partial charge on any atom is -0.339 e. The van der Waals surface area contributed by atoms with Crippen LogP contribution in [0.25, 0.3) is 0 Å². The van der Waals surface area contributed by atoms with Crippen molar-refractivity contribution in [3.63, 3.8) is 0 Å². The van der Waals surface area contributed by atoms with Gasteiger partial charge in [-0.3, -0.25) is 14.9 Å². The average Bonchev–Trinajstić information content (AvgIpc) is 3.19. The molecule has 11 heteroatoms. The van der Waals surface area contributed by atoms with Gasteiger partial charge in [0.15, 0.2) is 0 Å². The van der Waals surface area contributed by atoms with E-state index < -0.39 is 11.4 Å². The number of hydrogen-bond donors (Lipinski definition) is 2. The quantitative estimate of drug-likeness (QED) is 0.447. The number of nitrogens with zero attached hydrogens (tertiary/aromatic N) is 3. The lowest BCUT2D eigenvalue weighted by atomic mass is 9.91. The fourth-order valence-corrected chi connectivity index (χ4v) is 5.59. The minimum absolute atomic E-state index is 0.0338. The van der Waals surface area contributed by atoms with Gasteiger partial charge in [-0.05, 0) is 51.6 Å². The Morgan fingerprint density at radius 2 is 1.82 bits per heavy atom. The largest absolute Gasteiger partial charge is 0.339 e. The smallest absolute Gasteiger partial charge is 0.324 e. The number of amides is 4. The van der Waals surface area contributed by atoms with Crippen molar-refractivity contribution in [2.24, 2.45) is 5.41 Å². The Morgan fingerprint density at radius 1 is 1.13 bits per heavy atom. The number of carbonyl (C=O) groups excluding carboxylic acids is 3. The van der Waals surface area contributed by atoms with Crippen molar-refractivity contribution in [2.45, 2.75) is 40.0 Å². The standard InChI is InChI=1S/C27H37Cl2N5O3S/c1-26(2,3)20-15-17(22(38-20)31-25(37)30-19-10-8-9-18(28)21(19)29)23(35)34-14-13-33(12-11-32(6)7)24(36)27(4,5)16-34/h8-10,15H,11-14,16H2,1-7H3,(H2,30,31,37). The molecule has 1 aliphatic rings. The van der Waals surface area contributed by atoms with Crippen molar-refractivity contribution < 1.29 is 14.4 Å². The molecule has 1 saturated heterocycles. The van der Waals surface area contributed by atoms with Crippen LogP contribution in [0.4, 0.5) is 15.5 Å². The molecule has 2 aromatic rings. The van der Waals surface area contributed by atoms with E-state index in [1.807, 2.05) is 43.8 Å². The zero-order valence-corrected chi connectivity index (χ0v) is 25.4. The number of hydrogen-bond acceptors (Lipinski definition) is 5. The molecule has 1 aromatic carbocycles. The van der Waals surface area contributed by atoms with Gasteiger partial charge in [-0.2, -0.15) is 0 Å². The zero-order valence-electron chi connectivity index (χ0n) is 23.1. The Hall–Kier alpha value is -2.33. The number of benzene rings is 1. The molecule has 2 N–H and O–H groups in total. The third kappa shape index (κ3) is 7.20. The van der Waals surface area contributed by atoms with Crippen molar-refractivity contribution in [1.82, 2.24) is 14.7 Å². The van der Waals surface area contributed by atoms with Crippen LogP contribution in [0.3, 0.4) is 0 Å². The van der Waals surface area contributed by atoms with Crippen LogP contribution >= 0.6 is 34.5 Å². The maximum absolute atomic E-state index is 13.9. The molecule has 208 valence electrons. The summed E-state index contributed by atoms with van der Waals surface area (Å²) in [5.74, 6) is -0.186. The molecule has 38 heavy (non-hydrogen) atoms. The molecule has 1 aromatic heterocycles. The van der Waals surface area contributed by atoms with Gasteiger partial charge in [0.1, 0.15) is 5.00 Å². The van der Waals surface area contributed by atoms with E-state index in [0.717, 1.165) is 11.4 Å². The highest BCUT2D eigenvalue weighted by Gasteiger charge is 2.39. The summed E-state index contributed by atoms with van der Waals surface area (Å²) in [7, 11) is 3.94. The van der Waals surface area contributed by atoms with E-state index in [1.54, 1.807) is 23.1 Å². The first-order valence-corrected chi connectivity index (χ1v) is 14.1. The molecule has 1 fully saturated rings. The number of thiophene rings is 1. The molecule has 0 atom stereocenters. The molecule has 1 aliphatic heterocycles. The number of anilines is 2. The van der Waals surface area contributed by atoms with Crippen LogP contribution in [-0.4, -0.2) is 79.4 Å². The fraction of sp³-hybridized carbons (Fsp3) is 0.519. The SMILES string of the molecule is CN(C)CCN1CCN(C(=O)c2cc(C(C)(C)C)sc2NC(=O)Nc2cccc(Cl)c2Cl)CC(C)(C)C1=O. The molecule has 0 spiro atoms. The van der Waals surface area contributed by atoms with Crippen LogP contribution in [0, 0.1) is 5.41 Å². The Kier molecular flexibility index (Phi) is 9.40. The second kappa shape index (κ2) is 11.8. The summed E-state index contributed by atoms with van der Waals surface area (Å²) in [6, 6.07) is 6.28. The van der Waals surface area contributed by atoms with Gasteiger partial charge in [-0.25, -0.2) is 4.79 Å². The maximum Gasteiger partial charge on any atom is 0.324 e. The number of carbonyl (C=O) groups is 3. The Balaban J connectivity index is 1.87. The zero-order chi connectivity index (χ0) is 28.4. The molecule has 8 nitrogen and oxygen atoms in total. The molecule has 0 saturated carbocycles. The van der Waals surface area contributed by atoms with E-state index in [1.165, 1.54) is 11.3 Å². The number of likely N-dealkylation sites (N-methyl/N-ethyl adjacent to an activating group) is 1. The van der Waals surface area contributed by atoms with Gasteiger partial charge in [-0.1, -0.05) is 50.0 Å². The van der Waals surface area contributed by atoms with Gasteiger partial charge in [0.25, 0.3) is 5.91 Å². The highest BCUT2D eigenvalue weighted by Crippen LogP contribution is 2.38. The van der Waals surface area contributed by atoms with E-state index in [2.05, 4.69) is 31.4 Å². The van der Waals surface area contributed by atoms with Gasteiger partial charge in [-0.15, -0.1) is 11.3 Å². The lowest BCUT2D eigenvalue weighted by Gasteiger charge is -2.30. The van der Waals surface area contributed by atoms with Crippen molar-refractivity contribution >= 4 is 63.1 Å². The van der Waals surface area contributed by atoms with Gasteiger partial charge in [0.05, 0.1) is 26.7 Å². The summed E-state index contributed by atoms with van der Waals surface area (Å²) in [5.41, 5.74) is -0.209. The maximum atomic E-state index is 13.9. The molecule has 0 unspecified atom stereocenters. The first kappa shape index (κ1) is 30.2. The summed E-state index contributed by atoms with van der Waals surface area (Å²) in [6.07, 6.45) is 0. The van der Waals surface area contributed by atoms with E-state index in [0.29, 0.717) is 40.9 Å². The van der Waals surface area contributed by atoms with E-state index in [9.17, 15) is 14.4 Å². The molecule has 0 bridgehead atoms. The lowest BCUT2D eigenvalue weighted by molar-refractivity contribution is -0.139. The summed E-state index contributed by atoms with van der Waals surface area (Å²) in [4.78, 5) is 46.6. The van der Waals surface area contributed by atoms with Crippen LogP contribution < -0.4 is 10.6 Å². The number of halogens is 2. The van der Waals surface area contributed by atoms with Crippen molar-refractivity contribution in [1.29, 1.82) is 0 Å². The molecule has 2 heterocycles. The third-order valence-corrected chi connectivity index (χ3v) is 8.62. The van der Waals surface area contributed by atoms with E-state index in [4.69, 9.17) is 23.2 Å². The van der Waals surface area contributed by atoms with Gasteiger partial charge in [0, 0.05) is 37.6 Å². The highest BCUT2D eigenvalue weighted by molar-refractivity contribution is 7.16. The summed E-state index contributed by atoms with van der Waals surface area (Å²) in [5, 5.41) is 6.55. The topological polar surface area (TPSA) is 85.0 Å². The Bertz CT molecular complexity index is 1210. The van der Waals surface area contributed by atoms with E-state index >= 15 is 0 Å². The first-order valence-electron chi connectivity index (χ1n) is 12.5. The minimum atomic E-state index is -0.740. The van der Waals surface area contributed by atoms with Gasteiger partial charge >= 0.3 is 6.03 Å². The second-order valence-corrected chi connectivity index (χ2v) is 13.3. The van der Waals surface area contributed by atoms with Crippen LogP contribution in [0.1, 0.15) is 49.9 Å². The molecular weight excluding hydrogens is 545 g/mol.